The highest BCUT2D eigenvalue weighted by atomic mass is 32.1. The fourth-order valence-corrected chi connectivity index (χ4v) is 6.01. The lowest BCUT2D eigenvalue weighted by Crippen LogP contribution is -2.45. The van der Waals surface area contributed by atoms with E-state index < -0.39 is 29.2 Å². The van der Waals surface area contributed by atoms with Gasteiger partial charge in [-0.3, -0.25) is 9.88 Å². The number of piperidine rings is 1. The van der Waals surface area contributed by atoms with Crippen molar-refractivity contribution in [1.82, 2.24) is 9.88 Å². The lowest BCUT2D eigenvalue weighted by molar-refractivity contribution is -0.143. The third kappa shape index (κ3) is 8.95. The zero-order valence-electron chi connectivity index (χ0n) is 25.3. The van der Waals surface area contributed by atoms with Crippen LogP contribution in [0.3, 0.4) is 0 Å². The van der Waals surface area contributed by atoms with Gasteiger partial charge >= 0.3 is 12.4 Å². The predicted molar refractivity (Wildman–Crippen MR) is 170 cm³/mol. The maximum absolute atomic E-state index is 13.3. The van der Waals surface area contributed by atoms with Gasteiger partial charge in [-0.1, -0.05) is 26.3 Å². The molecule has 1 saturated heterocycles. The summed E-state index contributed by atoms with van der Waals surface area (Å²) in [5.74, 6) is 0.409. The zero-order chi connectivity index (χ0) is 32.8. The Hall–Kier alpha value is -3.22. The number of alkyl halides is 6. The minimum Gasteiger partial charge on any atom is -0.372 e. The molecule has 1 aromatic heterocycles. The number of fused-ring (bicyclic) bond motifs is 1. The summed E-state index contributed by atoms with van der Waals surface area (Å²) < 4.78 is 86.6. The smallest absolute Gasteiger partial charge is 0.372 e. The molecule has 0 radical (unpaired) electrons. The van der Waals surface area contributed by atoms with Gasteiger partial charge in [0.25, 0.3) is 0 Å². The van der Waals surface area contributed by atoms with E-state index in [1.54, 1.807) is 18.3 Å². The van der Waals surface area contributed by atoms with Crippen LogP contribution in [-0.2, 0) is 17.1 Å². The normalized spacial score (nSPS) is 17.6. The number of benzene rings is 2. The summed E-state index contributed by atoms with van der Waals surface area (Å²) in [4.78, 5) is 7.00. The summed E-state index contributed by atoms with van der Waals surface area (Å²) in [5, 5.41) is 6.02. The van der Waals surface area contributed by atoms with Gasteiger partial charge in [0.05, 0.1) is 22.7 Å². The molecule has 2 unspecified atom stereocenters. The van der Waals surface area contributed by atoms with Gasteiger partial charge < -0.3 is 15.4 Å². The number of halogens is 6. The molecule has 12 heteroatoms. The van der Waals surface area contributed by atoms with Crippen LogP contribution in [0, 0.1) is 5.92 Å². The molecule has 0 spiro atoms. The van der Waals surface area contributed by atoms with Crippen molar-refractivity contribution >= 4 is 39.6 Å². The van der Waals surface area contributed by atoms with Crippen molar-refractivity contribution in [2.45, 2.75) is 70.4 Å². The Balaban J connectivity index is 1.64. The first-order valence-corrected chi connectivity index (χ1v) is 15.5. The zero-order valence-corrected chi connectivity index (χ0v) is 26.1. The maximum Gasteiger partial charge on any atom is 0.416 e. The van der Waals surface area contributed by atoms with Crippen LogP contribution in [0.2, 0.25) is 0 Å². The second kappa shape index (κ2) is 14.9. The van der Waals surface area contributed by atoms with Crippen LogP contribution in [0.1, 0.15) is 68.7 Å². The van der Waals surface area contributed by atoms with Gasteiger partial charge in [0.1, 0.15) is 0 Å². The molecule has 2 N–H and O–H groups in total. The lowest BCUT2D eigenvalue weighted by atomic mass is 9.91. The molecule has 0 bridgehead atoms. The molecule has 4 rings (SSSR count). The van der Waals surface area contributed by atoms with Gasteiger partial charge in [0, 0.05) is 42.2 Å². The second-order valence-electron chi connectivity index (χ2n) is 11.3. The van der Waals surface area contributed by atoms with E-state index in [0.29, 0.717) is 35.9 Å². The number of likely N-dealkylation sites (tertiary alicyclic amines) is 1. The van der Waals surface area contributed by atoms with E-state index in [4.69, 9.17) is 17.0 Å². The Kier molecular flexibility index (Phi) is 11.5. The number of hydrogen-bond acceptors (Lipinski definition) is 4. The molecule has 244 valence electrons. The largest absolute Gasteiger partial charge is 0.416 e. The number of pyridine rings is 1. The van der Waals surface area contributed by atoms with E-state index >= 15 is 0 Å². The van der Waals surface area contributed by atoms with Crippen LogP contribution < -0.4 is 10.6 Å². The van der Waals surface area contributed by atoms with E-state index in [1.807, 2.05) is 18.2 Å². The molecular formula is C33H38F6N4OS. The molecule has 1 fully saturated rings. The van der Waals surface area contributed by atoms with Crippen molar-refractivity contribution in [3.8, 4) is 0 Å². The van der Waals surface area contributed by atoms with E-state index in [0.717, 1.165) is 56.1 Å². The quantitative estimate of drug-likeness (QED) is 0.0932. The van der Waals surface area contributed by atoms with Gasteiger partial charge in [-0.15, -0.1) is 6.58 Å². The molecular weight excluding hydrogens is 614 g/mol. The standard InChI is InChI=1S/C33H38F6N4OS/c1-4-7-15-44-30(29(6-3)43-14-8-9-21(5-2)20-43)26-12-13-40-28-11-10-24(19-27(26)28)41-31(45)42-25-17-22(32(34,35)36)16-23(18-25)33(37,38)39/h5,10-13,16-19,21,29-30H,2,4,6-9,14-15,20H2,1,3H3,(H2,41,42,45)/t21?,29?,30-/m1/s1. The van der Waals surface area contributed by atoms with Crippen molar-refractivity contribution in [3.05, 3.63) is 78.0 Å². The topological polar surface area (TPSA) is 49.4 Å². The Labute approximate surface area is 265 Å². The summed E-state index contributed by atoms with van der Waals surface area (Å²) in [7, 11) is 0. The van der Waals surface area contributed by atoms with Gasteiger partial charge in [-0.2, -0.15) is 26.3 Å². The number of unbranched alkanes of at least 4 members (excludes halogenated alkanes) is 1. The SMILES string of the molecule is C=CC1CCCN(C(CC)[C@H](OCCCC)c2ccnc3ccc(NC(=S)Nc4cc(C(F)(F)F)cc(C(F)(F)F)c4)cc23)C1. The number of anilines is 2. The number of ether oxygens (including phenoxy) is 1. The fraction of sp³-hybridized carbons (Fsp3) is 0.455. The highest BCUT2D eigenvalue weighted by molar-refractivity contribution is 7.80. The Morgan fingerprint density at radius 1 is 1.04 bits per heavy atom. The average molecular weight is 653 g/mol. The van der Waals surface area contributed by atoms with Crippen LogP contribution in [-0.4, -0.2) is 40.7 Å². The summed E-state index contributed by atoms with van der Waals surface area (Å²) in [6.45, 7) is 10.7. The van der Waals surface area contributed by atoms with Gasteiger partial charge in [0.15, 0.2) is 5.11 Å². The average Bonchev–Trinajstić information content (AvgIpc) is 2.99. The highest BCUT2D eigenvalue weighted by Crippen LogP contribution is 2.38. The van der Waals surface area contributed by atoms with E-state index in [2.05, 4.69) is 40.9 Å². The molecule has 45 heavy (non-hydrogen) atoms. The first-order chi connectivity index (χ1) is 21.3. The summed E-state index contributed by atoms with van der Waals surface area (Å²) in [6.07, 6.45) is -1.52. The van der Waals surface area contributed by atoms with Gasteiger partial charge in [0.2, 0.25) is 0 Å². The van der Waals surface area contributed by atoms with Crippen LogP contribution in [0.15, 0.2) is 61.3 Å². The second-order valence-corrected chi connectivity index (χ2v) is 11.7. The molecule has 1 aliphatic heterocycles. The van der Waals surface area contributed by atoms with Crippen molar-refractivity contribution < 1.29 is 31.1 Å². The van der Waals surface area contributed by atoms with Crippen LogP contribution >= 0.6 is 12.2 Å². The van der Waals surface area contributed by atoms with Crippen molar-refractivity contribution in [2.75, 3.05) is 30.3 Å². The Morgan fingerprint density at radius 3 is 2.36 bits per heavy atom. The van der Waals surface area contributed by atoms with Crippen LogP contribution in [0.25, 0.3) is 10.9 Å². The molecule has 0 amide bonds. The number of nitrogens with zero attached hydrogens (tertiary/aromatic N) is 2. The third-order valence-electron chi connectivity index (χ3n) is 8.04. The summed E-state index contributed by atoms with van der Waals surface area (Å²) >= 11 is 5.30. The summed E-state index contributed by atoms with van der Waals surface area (Å²) in [6, 6.07) is 8.60. The number of nitrogens with one attached hydrogen (secondary N) is 2. The minimum atomic E-state index is -4.97. The number of thiocarbonyl (C=S) groups is 1. The van der Waals surface area contributed by atoms with Crippen molar-refractivity contribution in [1.29, 1.82) is 0 Å². The maximum atomic E-state index is 13.3. The molecule has 0 aliphatic carbocycles. The molecule has 2 aromatic carbocycles. The fourth-order valence-electron chi connectivity index (χ4n) is 5.77. The Bertz CT molecular complexity index is 1450. The molecule has 2 heterocycles. The molecule has 1 aliphatic rings. The van der Waals surface area contributed by atoms with E-state index in [9.17, 15) is 26.3 Å². The number of hydrogen-bond donors (Lipinski definition) is 2. The number of aromatic nitrogens is 1. The minimum absolute atomic E-state index is 0.0729. The van der Waals surface area contributed by atoms with E-state index in [-0.39, 0.29) is 23.3 Å². The summed E-state index contributed by atoms with van der Waals surface area (Å²) in [5.41, 5.74) is -1.16. The first kappa shape index (κ1) is 34.6. The van der Waals surface area contributed by atoms with Gasteiger partial charge in [-0.25, -0.2) is 0 Å². The van der Waals surface area contributed by atoms with Crippen molar-refractivity contribution in [3.63, 3.8) is 0 Å². The molecule has 0 saturated carbocycles. The number of rotatable bonds is 11. The molecule has 3 aromatic rings. The molecule has 5 nitrogen and oxygen atoms in total. The highest BCUT2D eigenvalue weighted by Gasteiger charge is 2.37. The van der Waals surface area contributed by atoms with Gasteiger partial charge in [-0.05, 0) is 98.4 Å². The monoisotopic (exact) mass is 652 g/mol. The van der Waals surface area contributed by atoms with Crippen LogP contribution in [0.4, 0.5) is 37.7 Å². The lowest BCUT2D eigenvalue weighted by Gasteiger charge is -2.41. The molecule has 3 atom stereocenters. The van der Waals surface area contributed by atoms with Crippen LogP contribution in [0.5, 0.6) is 0 Å². The van der Waals surface area contributed by atoms with Crippen molar-refractivity contribution in [2.24, 2.45) is 5.92 Å². The first-order valence-electron chi connectivity index (χ1n) is 15.1. The van der Waals surface area contributed by atoms with E-state index in [1.165, 1.54) is 0 Å². The predicted octanol–water partition coefficient (Wildman–Crippen LogP) is 9.62. The Morgan fingerprint density at radius 2 is 1.73 bits per heavy atom. The third-order valence-corrected chi connectivity index (χ3v) is 8.24.